The number of nitrogens with one attached hydrogen (secondary N) is 4. The summed E-state index contributed by atoms with van der Waals surface area (Å²) >= 11 is 0. The van der Waals surface area contributed by atoms with Crippen LogP contribution >= 0.6 is 0 Å². The van der Waals surface area contributed by atoms with Crippen LogP contribution in [-0.4, -0.2) is 54.9 Å². The van der Waals surface area contributed by atoms with Crippen molar-refractivity contribution in [2.24, 2.45) is 35.5 Å². The maximum Gasteiger partial charge on any atom is 0.223 e. The van der Waals surface area contributed by atoms with Crippen molar-refractivity contribution in [3.8, 4) is 0 Å². The van der Waals surface area contributed by atoms with Crippen LogP contribution < -0.4 is 21.3 Å². The second-order valence-electron chi connectivity index (χ2n) is 11.6. The Morgan fingerprint density at radius 1 is 0.788 bits per heavy atom. The van der Waals surface area contributed by atoms with Gasteiger partial charge in [-0.05, 0) is 101 Å². The number of aliphatic hydroxyl groups is 1. The first kappa shape index (κ1) is 23.6. The molecule has 33 heavy (non-hydrogen) atoms. The summed E-state index contributed by atoms with van der Waals surface area (Å²) in [5, 5.41) is 23.4. The lowest BCUT2D eigenvalue weighted by atomic mass is 9.72. The Bertz CT molecular complexity index is 689. The van der Waals surface area contributed by atoms with Gasteiger partial charge < -0.3 is 21.1 Å². The molecule has 0 aromatic heterocycles. The van der Waals surface area contributed by atoms with Crippen LogP contribution in [-0.2, 0) is 9.59 Å². The van der Waals surface area contributed by atoms with Gasteiger partial charge in [0.2, 0.25) is 11.8 Å². The number of carbonyl (C=O) groups is 2. The van der Waals surface area contributed by atoms with Gasteiger partial charge in [-0.3, -0.25) is 14.9 Å². The van der Waals surface area contributed by atoms with Crippen molar-refractivity contribution in [2.45, 2.75) is 95.4 Å². The average molecular weight is 461 g/mol. The molecule has 2 saturated heterocycles. The minimum Gasteiger partial charge on any atom is -0.378 e. The summed E-state index contributed by atoms with van der Waals surface area (Å²) < 4.78 is 0. The summed E-state index contributed by atoms with van der Waals surface area (Å²) in [6, 6.07) is 0.725. The van der Waals surface area contributed by atoms with E-state index in [4.69, 9.17) is 0 Å². The zero-order valence-corrected chi connectivity index (χ0v) is 20.1. The Kier molecular flexibility index (Phi) is 7.57. The molecular weight excluding hydrogens is 416 g/mol. The standard InChI is InChI=1S/C26H44N4O3/c31-24(29-15-20-3-1-2-11-27-20)17-6-4-16(5-7-17)22-14-23(22)26(33)30-19-8-9-21-18(13-19)10-12-28-25(21)32/h16-23,25,27-28,32H,1-15H2,(H,29,31)(H,30,33). The van der Waals surface area contributed by atoms with Gasteiger partial charge >= 0.3 is 0 Å². The quantitative estimate of drug-likeness (QED) is 0.417. The summed E-state index contributed by atoms with van der Waals surface area (Å²) in [4.78, 5) is 25.5. The van der Waals surface area contributed by atoms with Crippen LogP contribution in [0.4, 0.5) is 0 Å². The fourth-order valence-corrected chi connectivity index (χ4v) is 7.36. The fraction of sp³-hybridized carbons (Fsp3) is 0.923. The first-order chi connectivity index (χ1) is 16.1. The number of fused-ring (bicyclic) bond motifs is 1. The molecule has 7 atom stereocenters. The second-order valence-corrected chi connectivity index (χ2v) is 11.6. The van der Waals surface area contributed by atoms with Gasteiger partial charge in [0.1, 0.15) is 6.23 Å². The highest BCUT2D eigenvalue weighted by atomic mass is 16.3. The third-order valence-corrected chi connectivity index (χ3v) is 9.52. The van der Waals surface area contributed by atoms with E-state index in [1.807, 2.05) is 0 Å². The molecule has 0 aromatic carbocycles. The lowest BCUT2D eigenvalue weighted by Gasteiger charge is -2.42. The highest BCUT2D eigenvalue weighted by Crippen LogP contribution is 2.50. The van der Waals surface area contributed by atoms with Gasteiger partial charge in [-0.15, -0.1) is 0 Å². The molecule has 7 heteroatoms. The minimum absolute atomic E-state index is 0.159. The largest absolute Gasteiger partial charge is 0.378 e. The topological polar surface area (TPSA) is 102 Å². The van der Waals surface area contributed by atoms with Gasteiger partial charge in [-0.25, -0.2) is 0 Å². The predicted molar refractivity (Wildman–Crippen MR) is 127 cm³/mol. The van der Waals surface area contributed by atoms with Gasteiger partial charge in [0.05, 0.1) is 0 Å². The SMILES string of the molecule is O=C(NCC1CCCCN1)C1CCC(C2CC2C(=O)NC2CCC3C(CCNC3O)C2)CC1. The minimum atomic E-state index is -0.366. The van der Waals surface area contributed by atoms with Crippen molar-refractivity contribution in [1.29, 1.82) is 0 Å². The number of aliphatic hydroxyl groups excluding tert-OH is 1. The van der Waals surface area contributed by atoms with Crippen molar-refractivity contribution in [3.05, 3.63) is 0 Å². The van der Waals surface area contributed by atoms with Crippen LogP contribution in [0.2, 0.25) is 0 Å². The monoisotopic (exact) mass is 460 g/mol. The number of hydrogen-bond acceptors (Lipinski definition) is 5. The molecule has 3 saturated carbocycles. The Labute approximate surface area is 198 Å². The van der Waals surface area contributed by atoms with Crippen molar-refractivity contribution < 1.29 is 14.7 Å². The van der Waals surface area contributed by atoms with Crippen molar-refractivity contribution in [1.82, 2.24) is 21.3 Å². The smallest absolute Gasteiger partial charge is 0.223 e. The molecule has 5 fully saturated rings. The predicted octanol–water partition coefficient (Wildman–Crippen LogP) is 1.90. The third kappa shape index (κ3) is 5.73. The van der Waals surface area contributed by atoms with E-state index in [2.05, 4.69) is 21.3 Å². The Morgan fingerprint density at radius 2 is 1.64 bits per heavy atom. The number of rotatable bonds is 6. The molecule has 7 nitrogen and oxygen atoms in total. The second kappa shape index (κ2) is 10.6. The number of carbonyl (C=O) groups excluding carboxylic acids is 2. The molecule has 5 aliphatic rings. The van der Waals surface area contributed by atoms with E-state index < -0.39 is 0 Å². The summed E-state index contributed by atoms with van der Waals surface area (Å²) in [6.07, 6.45) is 12.6. The van der Waals surface area contributed by atoms with Gasteiger partial charge in [-0.2, -0.15) is 0 Å². The van der Waals surface area contributed by atoms with E-state index in [1.165, 1.54) is 19.3 Å². The summed E-state index contributed by atoms with van der Waals surface area (Å²) in [5.41, 5.74) is 0. The van der Waals surface area contributed by atoms with E-state index in [0.29, 0.717) is 29.7 Å². The molecular formula is C26H44N4O3. The maximum absolute atomic E-state index is 12.9. The van der Waals surface area contributed by atoms with Gasteiger partial charge in [0.25, 0.3) is 0 Å². The van der Waals surface area contributed by atoms with Crippen LogP contribution in [0.15, 0.2) is 0 Å². The Morgan fingerprint density at radius 3 is 2.42 bits per heavy atom. The summed E-state index contributed by atoms with van der Waals surface area (Å²) in [6.45, 7) is 2.72. The number of amides is 2. The third-order valence-electron chi connectivity index (χ3n) is 9.52. The van der Waals surface area contributed by atoms with Crippen LogP contribution in [0.1, 0.15) is 77.0 Å². The Balaban J connectivity index is 1.00. The van der Waals surface area contributed by atoms with E-state index in [1.54, 1.807) is 0 Å². The molecule has 0 aromatic rings. The molecule has 2 aliphatic heterocycles. The average Bonchev–Trinajstić information content (AvgIpc) is 3.65. The lowest BCUT2D eigenvalue weighted by molar-refractivity contribution is -0.127. The number of piperidine rings is 2. The van der Waals surface area contributed by atoms with E-state index in [0.717, 1.165) is 77.4 Å². The molecule has 0 bridgehead atoms. The first-order valence-corrected chi connectivity index (χ1v) is 13.8. The van der Waals surface area contributed by atoms with Gasteiger partial charge in [0.15, 0.2) is 0 Å². The molecule has 3 aliphatic carbocycles. The molecule has 2 heterocycles. The molecule has 0 spiro atoms. The van der Waals surface area contributed by atoms with Gasteiger partial charge in [-0.1, -0.05) is 6.42 Å². The first-order valence-electron chi connectivity index (χ1n) is 13.8. The van der Waals surface area contributed by atoms with Crippen molar-refractivity contribution >= 4 is 11.8 Å². The van der Waals surface area contributed by atoms with Gasteiger partial charge in [0, 0.05) is 36.4 Å². The molecule has 0 radical (unpaired) electrons. The van der Waals surface area contributed by atoms with E-state index >= 15 is 0 Å². The van der Waals surface area contributed by atoms with Crippen LogP contribution in [0.3, 0.4) is 0 Å². The molecule has 5 rings (SSSR count). The highest BCUT2D eigenvalue weighted by Gasteiger charge is 2.49. The van der Waals surface area contributed by atoms with Crippen molar-refractivity contribution in [2.75, 3.05) is 19.6 Å². The Hall–Kier alpha value is -1.18. The molecule has 186 valence electrons. The zero-order chi connectivity index (χ0) is 22.8. The van der Waals surface area contributed by atoms with Crippen LogP contribution in [0, 0.1) is 35.5 Å². The van der Waals surface area contributed by atoms with E-state index in [-0.39, 0.29) is 35.9 Å². The normalized spacial score (nSPS) is 43.2. The molecule has 2 amide bonds. The van der Waals surface area contributed by atoms with E-state index in [9.17, 15) is 14.7 Å². The maximum atomic E-state index is 12.9. The number of hydrogen-bond donors (Lipinski definition) is 5. The highest BCUT2D eigenvalue weighted by molar-refractivity contribution is 5.82. The molecule has 7 unspecified atom stereocenters. The van der Waals surface area contributed by atoms with Crippen LogP contribution in [0.25, 0.3) is 0 Å². The molecule has 5 N–H and O–H groups in total. The summed E-state index contributed by atoms with van der Waals surface area (Å²) in [5.74, 6) is 2.87. The fourth-order valence-electron chi connectivity index (χ4n) is 7.36. The lowest BCUT2D eigenvalue weighted by Crippen LogP contribution is -2.51. The summed E-state index contributed by atoms with van der Waals surface area (Å²) in [7, 11) is 0. The zero-order valence-electron chi connectivity index (χ0n) is 20.1. The van der Waals surface area contributed by atoms with Crippen LogP contribution in [0.5, 0.6) is 0 Å². The van der Waals surface area contributed by atoms with Crippen molar-refractivity contribution in [3.63, 3.8) is 0 Å².